The average Bonchev–Trinajstić information content (AvgIpc) is 3.08. The molecule has 1 radical (unpaired) electrons. The topological polar surface area (TPSA) is 285 Å². The molecule has 0 spiro atoms. The van der Waals surface area contributed by atoms with Crippen molar-refractivity contribution in [2.75, 3.05) is 0 Å². The first-order valence-corrected chi connectivity index (χ1v) is 15.3. The van der Waals surface area contributed by atoms with Crippen LogP contribution in [0.2, 0.25) is 0 Å². The van der Waals surface area contributed by atoms with Gasteiger partial charge in [-0.25, -0.2) is 8.42 Å². The second-order valence-electron chi connectivity index (χ2n) is 10.1. The van der Waals surface area contributed by atoms with Crippen LogP contribution in [0.15, 0.2) is 128 Å². The van der Waals surface area contributed by atoms with Gasteiger partial charge in [-0.05, 0) is 16.8 Å². The number of nitrogens with zero attached hydrogens (tertiary/aromatic N) is 6. The van der Waals surface area contributed by atoms with Gasteiger partial charge in [-0.2, -0.15) is 20.5 Å². The molecule has 0 aromatic heterocycles. The van der Waals surface area contributed by atoms with Gasteiger partial charge in [0.2, 0.25) is 0 Å². The van der Waals surface area contributed by atoms with Gasteiger partial charge in [-0.15, -0.1) is 0 Å². The molecule has 0 aliphatic carbocycles. The monoisotopic (exact) mass is 768 g/mol. The Morgan fingerprint density at radius 3 is 1.48 bits per heavy atom. The van der Waals surface area contributed by atoms with Gasteiger partial charge < -0.3 is 25.0 Å². The zero-order valence-corrected chi connectivity index (χ0v) is 30.4. The number of non-ortho nitro benzene ring substituents is 2. The third-order valence-corrected chi connectivity index (χ3v) is 7.74. The molecule has 0 unspecified atom stereocenters. The van der Waals surface area contributed by atoms with E-state index < -0.39 is 53.5 Å². The predicted octanol–water partition coefficient (Wildman–Crippen LogP) is 2.53. The fourth-order valence-electron chi connectivity index (χ4n) is 4.52. The molecule has 6 rings (SSSR count). The maximum absolute atomic E-state index is 12.1. The molecule has 17 nitrogen and oxygen atoms in total. The molecule has 0 aliphatic rings. The smallest absolute Gasteiger partial charge is 0.871 e. The number of rotatable bonds is 7. The second kappa shape index (κ2) is 17.1. The Morgan fingerprint density at radius 2 is 1.02 bits per heavy atom. The molecule has 0 saturated carbocycles. The molecule has 0 atom stereocenters. The van der Waals surface area contributed by atoms with E-state index in [0.717, 1.165) is 17.5 Å². The molecule has 6 aromatic rings. The van der Waals surface area contributed by atoms with Crippen molar-refractivity contribution in [3.8, 4) is 23.0 Å². The number of nitro groups is 2. The molecule has 0 fully saturated rings. The molecule has 20 heteroatoms. The standard InChI is InChI=1S/C16H11N3O7S.C16H11N3O4.Cr.Na/c20-13-6-5-9-3-1-2-4-11(9)15(13)18-17-12-7-10(19(22)23)8-14(16(12)21)27(24,25)26;20-14-8-5-10-3-1-2-4-12(10)16(14)18-17-13-7-6-11(19(22)23)9-15(13)21;;/h1-8,20-21H,(H,24,25,26);1-9,20-21H;;/q;;+3;+1/p-5. The fourth-order valence-corrected chi connectivity index (χ4v) is 5.12. The van der Waals surface area contributed by atoms with Gasteiger partial charge in [0.15, 0.2) is 0 Å². The van der Waals surface area contributed by atoms with Crippen LogP contribution in [0.3, 0.4) is 0 Å². The van der Waals surface area contributed by atoms with Gasteiger partial charge >= 0.3 is 46.9 Å². The van der Waals surface area contributed by atoms with Crippen LogP contribution in [-0.4, -0.2) is 22.8 Å². The van der Waals surface area contributed by atoms with E-state index in [1.165, 1.54) is 18.2 Å². The number of hydrogen-bond donors (Lipinski definition) is 0. The first-order valence-electron chi connectivity index (χ1n) is 13.9. The Kier molecular flexibility index (Phi) is 13.5. The van der Waals surface area contributed by atoms with Crippen molar-refractivity contribution >= 4 is 65.8 Å². The Balaban J connectivity index is 0.000000273. The molecule has 0 heterocycles. The molecule has 0 N–H and O–H groups in total. The summed E-state index contributed by atoms with van der Waals surface area (Å²) in [6.45, 7) is 0. The van der Waals surface area contributed by atoms with Crippen LogP contribution in [0.25, 0.3) is 21.5 Å². The number of fused-ring (bicyclic) bond motifs is 2. The SMILES string of the molecule is O=[N+]([O-])c1cc(N=Nc2c([O-])ccc3ccccc23)c([O-])c(S(=O)(=O)[O-])c1.O=[N+]([O-])c1ccc(N=Nc2c([O-])ccc3ccccc23)c([O-])c1.[Cr+3].[Na+]. The summed E-state index contributed by atoms with van der Waals surface area (Å²) in [6.07, 6.45) is 0. The van der Waals surface area contributed by atoms with Gasteiger partial charge in [-0.3, -0.25) is 20.2 Å². The molecule has 6 aromatic carbocycles. The summed E-state index contributed by atoms with van der Waals surface area (Å²) in [6, 6.07) is 24.0. The Labute approximate surface area is 325 Å². The number of azo groups is 2. The van der Waals surface area contributed by atoms with Crippen molar-refractivity contribution in [2.45, 2.75) is 4.90 Å². The van der Waals surface area contributed by atoms with Gasteiger partial charge in [-0.1, -0.05) is 95.8 Å². The zero-order chi connectivity index (χ0) is 36.2. The van der Waals surface area contributed by atoms with E-state index in [9.17, 15) is 53.6 Å². The minimum atomic E-state index is -5.27. The average molecular weight is 769 g/mol. The summed E-state index contributed by atoms with van der Waals surface area (Å²) in [7, 11) is -5.27. The van der Waals surface area contributed by atoms with Crippen LogP contribution in [0.4, 0.5) is 34.1 Å². The number of hydrogen-bond acceptors (Lipinski definition) is 15. The largest absolute Gasteiger partial charge is 3.00 e. The van der Waals surface area contributed by atoms with Crippen LogP contribution in [-0.2, 0) is 27.5 Å². The summed E-state index contributed by atoms with van der Waals surface area (Å²) in [5.41, 5.74) is -1.96. The molecule has 0 saturated heterocycles. The summed E-state index contributed by atoms with van der Waals surface area (Å²) < 4.78 is 33.6. The fraction of sp³-hybridized carbons (Fsp3) is 0. The number of benzene rings is 6. The molecular weight excluding hydrogens is 751 g/mol. The first kappa shape index (κ1) is 40.9. The van der Waals surface area contributed by atoms with E-state index in [1.54, 1.807) is 48.5 Å². The quantitative estimate of drug-likeness (QED) is 0.0747. The van der Waals surface area contributed by atoms with Crippen molar-refractivity contribution in [2.24, 2.45) is 20.5 Å². The van der Waals surface area contributed by atoms with Crippen molar-refractivity contribution < 1.29 is 90.2 Å². The molecular formula is C32H17CrN6NaO11S-. The normalized spacial score (nSPS) is 11.1. The van der Waals surface area contributed by atoms with Crippen LogP contribution >= 0.6 is 0 Å². The first-order chi connectivity index (χ1) is 23.7. The van der Waals surface area contributed by atoms with E-state index in [1.807, 2.05) is 12.1 Å². The predicted molar refractivity (Wildman–Crippen MR) is 168 cm³/mol. The third-order valence-electron chi connectivity index (χ3n) is 6.90. The Morgan fingerprint density at radius 1 is 0.538 bits per heavy atom. The minimum Gasteiger partial charge on any atom is -0.871 e. The van der Waals surface area contributed by atoms with Crippen molar-refractivity contribution in [3.63, 3.8) is 0 Å². The van der Waals surface area contributed by atoms with Crippen molar-refractivity contribution in [3.05, 3.63) is 123 Å². The summed E-state index contributed by atoms with van der Waals surface area (Å²) >= 11 is 0. The molecule has 0 bridgehead atoms. The van der Waals surface area contributed by atoms with E-state index >= 15 is 0 Å². The summed E-state index contributed by atoms with van der Waals surface area (Å²) in [4.78, 5) is 18.6. The van der Waals surface area contributed by atoms with Crippen LogP contribution in [0.1, 0.15) is 0 Å². The van der Waals surface area contributed by atoms with Crippen molar-refractivity contribution in [1.29, 1.82) is 0 Å². The van der Waals surface area contributed by atoms with E-state index in [4.69, 9.17) is 0 Å². The van der Waals surface area contributed by atoms with E-state index in [0.29, 0.717) is 28.3 Å². The van der Waals surface area contributed by atoms with E-state index in [-0.39, 0.29) is 75.4 Å². The summed E-state index contributed by atoms with van der Waals surface area (Å²) in [5, 5.41) is 86.8. The maximum atomic E-state index is 12.1. The number of nitro benzene ring substituents is 2. The zero-order valence-electron chi connectivity index (χ0n) is 26.3. The van der Waals surface area contributed by atoms with Crippen LogP contribution < -0.4 is 50.0 Å². The Hall–Kier alpha value is -5.52. The van der Waals surface area contributed by atoms with Crippen molar-refractivity contribution in [1.82, 2.24) is 0 Å². The van der Waals surface area contributed by atoms with Gasteiger partial charge in [0.1, 0.15) is 10.1 Å². The van der Waals surface area contributed by atoms with Crippen LogP contribution in [0, 0.1) is 20.2 Å². The minimum absolute atomic E-state index is 0. The van der Waals surface area contributed by atoms with Gasteiger partial charge in [0.25, 0.3) is 11.4 Å². The molecule has 52 heavy (non-hydrogen) atoms. The van der Waals surface area contributed by atoms with Crippen LogP contribution in [0.5, 0.6) is 23.0 Å². The Bertz CT molecular complexity index is 2500. The summed E-state index contributed by atoms with van der Waals surface area (Å²) in [5.74, 6) is -2.81. The maximum Gasteiger partial charge on any atom is 3.00 e. The van der Waals surface area contributed by atoms with Gasteiger partial charge in [0.05, 0.1) is 37.5 Å². The molecule has 0 amide bonds. The third kappa shape index (κ3) is 9.23. The van der Waals surface area contributed by atoms with Gasteiger partial charge in [0, 0.05) is 35.0 Å². The second-order valence-corrected chi connectivity index (χ2v) is 11.4. The van der Waals surface area contributed by atoms with E-state index in [2.05, 4.69) is 20.5 Å². The molecule has 0 aliphatic heterocycles. The molecule has 255 valence electrons.